The fraction of sp³-hybridized carbons (Fsp3) is 0.190. The van der Waals surface area contributed by atoms with Gasteiger partial charge in [-0.3, -0.25) is 4.79 Å². The minimum absolute atomic E-state index is 0.173. The molecule has 0 spiro atoms. The van der Waals surface area contributed by atoms with Crippen LogP contribution in [-0.2, 0) is 11.3 Å². The lowest BCUT2D eigenvalue weighted by atomic mass is 10.2. The van der Waals surface area contributed by atoms with E-state index in [4.69, 9.17) is 0 Å². The lowest BCUT2D eigenvalue weighted by molar-refractivity contribution is -0.130. The second-order valence-electron chi connectivity index (χ2n) is 6.27. The van der Waals surface area contributed by atoms with Crippen molar-refractivity contribution in [2.45, 2.75) is 22.8 Å². The molecule has 0 saturated heterocycles. The van der Waals surface area contributed by atoms with Crippen LogP contribution < -0.4 is 4.90 Å². The standard InChI is InChI=1S/C21H20N2OS2/c1-22(15-16-7-6-14-25-16)21(24)12-13-23-17-8-2-4-10-19(17)26-20-11-5-3-9-18(20)23/h2-11,14H,12-13,15H2,1H3. The zero-order valence-corrected chi connectivity index (χ0v) is 16.2. The highest BCUT2D eigenvalue weighted by Gasteiger charge is 2.23. The summed E-state index contributed by atoms with van der Waals surface area (Å²) in [6, 6.07) is 20.9. The van der Waals surface area contributed by atoms with Gasteiger partial charge in [-0.15, -0.1) is 11.3 Å². The molecule has 1 aliphatic heterocycles. The second-order valence-corrected chi connectivity index (χ2v) is 8.38. The number of benzene rings is 2. The number of rotatable bonds is 5. The molecule has 3 nitrogen and oxygen atoms in total. The van der Waals surface area contributed by atoms with E-state index in [0.29, 0.717) is 19.5 Å². The van der Waals surface area contributed by atoms with Crippen molar-refractivity contribution in [3.05, 3.63) is 70.9 Å². The monoisotopic (exact) mass is 380 g/mol. The minimum atomic E-state index is 0.173. The van der Waals surface area contributed by atoms with Gasteiger partial charge in [-0.2, -0.15) is 0 Å². The summed E-state index contributed by atoms with van der Waals surface area (Å²) in [4.78, 5) is 20.4. The maximum Gasteiger partial charge on any atom is 0.224 e. The molecule has 132 valence electrons. The van der Waals surface area contributed by atoms with E-state index in [9.17, 15) is 4.79 Å². The van der Waals surface area contributed by atoms with Crippen molar-refractivity contribution in [2.75, 3.05) is 18.5 Å². The second kappa shape index (κ2) is 7.56. The Balaban J connectivity index is 1.50. The first-order chi connectivity index (χ1) is 12.7. The van der Waals surface area contributed by atoms with Gasteiger partial charge in [0.05, 0.1) is 17.9 Å². The third-order valence-electron chi connectivity index (χ3n) is 4.48. The summed E-state index contributed by atoms with van der Waals surface area (Å²) in [6.07, 6.45) is 0.495. The quantitative estimate of drug-likeness (QED) is 0.592. The van der Waals surface area contributed by atoms with E-state index < -0.39 is 0 Å². The highest BCUT2D eigenvalue weighted by molar-refractivity contribution is 7.99. The first-order valence-electron chi connectivity index (χ1n) is 8.62. The summed E-state index contributed by atoms with van der Waals surface area (Å²) in [5.74, 6) is 0.173. The van der Waals surface area contributed by atoms with Crippen molar-refractivity contribution in [3.63, 3.8) is 0 Å². The number of nitrogens with zero attached hydrogens (tertiary/aromatic N) is 2. The van der Waals surface area contributed by atoms with Crippen LogP contribution >= 0.6 is 23.1 Å². The van der Waals surface area contributed by atoms with Gasteiger partial charge in [-0.05, 0) is 35.7 Å². The zero-order valence-electron chi connectivity index (χ0n) is 14.6. The molecule has 0 atom stereocenters. The van der Waals surface area contributed by atoms with Gasteiger partial charge in [0.25, 0.3) is 0 Å². The Labute approximate surface area is 162 Å². The van der Waals surface area contributed by atoms with E-state index in [0.717, 1.165) is 0 Å². The third kappa shape index (κ3) is 3.50. The van der Waals surface area contributed by atoms with Crippen LogP contribution in [0.25, 0.3) is 0 Å². The Kier molecular flexibility index (Phi) is 5.00. The van der Waals surface area contributed by atoms with Crippen LogP contribution in [0, 0.1) is 0 Å². The maximum atomic E-state index is 12.6. The predicted octanol–water partition coefficient (Wildman–Crippen LogP) is 5.40. The van der Waals surface area contributed by atoms with E-state index in [1.165, 1.54) is 26.0 Å². The smallest absolute Gasteiger partial charge is 0.224 e. The fourth-order valence-electron chi connectivity index (χ4n) is 3.14. The number of carbonyl (C=O) groups is 1. The molecular weight excluding hydrogens is 360 g/mol. The van der Waals surface area contributed by atoms with Crippen LogP contribution in [0.4, 0.5) is 11.4 Å². The number of thiophene rings is 1. The van der Waals surface area contributed by atoms with Crippen molar-refractivity contribution in [1.82, 2.24) is 4.90 Å². The van der Waals surface area contributed by atoms with E-state index in [-0.39, 0.29) is 5.91 Å². The summed E-state index contributed by atoms with van der Waals surface area (Å²) < 4.78 is 0. The van der Waals surface area contributed by atoms with Gasteiger partial charge in [-0.1, -0.05) is 42.1 Å². The molecule has 1 aliphatic rings. The Morgan fingerprint density at radius 2 is 1.62 bits per heavy atom. The molecule has 1 aromatic heterocycles. The Morgan fingerprint density at radius 1 is 0.962 bits per heavy atom. The summed E-state index contributed by atoms with van der Waals surface area (Å²) >= 11 is 3.48. The van der Waals surface area contributed by atoms with Gasteiger partial charge in [0.2, 0.25) is 5.91 Å². The van der Waals surface area contributed by atoms with Crippen LogP contribution in [0.1, 0.15) is 11.3 Å². The van der Waals surface area contributed by atoms with Crippen LogP contribution in [0.3, 0.4) is 0 Å². The molecule has 0 saturated carbocycles. The lowest BCUT2D eigenvalue weighted by Crippen LogP contribution is -2.30. The molecule has 0 bridgehead atoms. The molecule has 0 radical (unpaired) electrons. The van der Waals surface area contributed by atoms with Gasteiger partial charge in [0.1, 0.15) is 0 Å². The van der Waals surface area contributed by atoms with E-state index in [1.54, 1.807) is 23.1 Å². The number of anilines is 2. The van der Waals surface area contributed by atoms with Crippen LogP contribution in [0.15, 0.2) is 75.8 Å². The number of para-hydroxylation sites is 2. The lowest BCUT2D eigenvalue weighted by Gasteiger charge is -2.33. The largest absolute Gasteiger partial charge is 0.341 e. The van der Waals surface area contributed by atoms with Gasteiger partial charge in [0, 0.05) is 34.7 Å². The molecule has 26 heavy (non-hydrogen) atoms. The normalized spacial score (nSPS) is 12.4. The Hall–Kier alpha value is -2.24. The molecule has 0 N–H and O–H groups in total. The maximum absolute atomic E-state index is 12.6. The van der Waals surface area contributed by atoms with E-state index in [1.807, 2.05) is 23.4 Å². The van der Waals surface area contributed by atoms with Crippen molar-refractivity contribution in [2.24, 2.45) is 0 Å². The topological polar surface area (TPSA) is 23.6 Å². The molecule has 0 fully saturated rings. The van der Waals surface area contributed by atoms with Gasteiger partial charge in [0.15, 0.2) is 0 Å². The highest BCUT2D eigenvalue weighted by Crippen LogP contribution is 2.47. The summed E-state index contributed by atoms with van der Waals surface area (Å²) in [5.41, 5.74) is 2.37. The summed E-state index contributed by atoms with van der Waals surface area (Å²) in [5, 5.41) is 2.05. The summed E-state index contributed by atoms with van der Waals surface area (Å²) in [6.45, 7) is 1.36. The first-order valence-corrected chi connectivity index (χ1v) is 10.3. The summed E-state index contributed by atoms with van der Waals surface area (Å²) in [7, 11) is 1.88. The zero-order chi connectivity index (χ0) is 17.9. The molecule has 1 amide bonds. The van der Waals surface area contributed by atoms with Crippen molar-refractivity contribution in [1.29, 1.82) is 0 Å². The molecule has 2 heterocycles. The molecule has 2 aromatic carbocycles. The average molecular weight is 381 g/mol. The van der Waals surface area contributed by atoms with E-state index in [2.05, 4.69) is 59.5 Å². The number of carbonyl (C=O) groups excluding carboxylic acids is 1. The first kappa shape index (κ1) is 17.2. The highest BCUT2D eigenvalue weighted by atomic mass is 32.2. The van der Waals surface area contributed by atoms with Crippen LogP contribution in [0.5, 0.6) is 0 Å². The van der Waals surface area contributed by atoms with Crippen molar-refractivity contribution in [3.8, 4) is 0 Å². The van der Waals surface area contributed by atoms with Gasteiger partial charge >= 0.3 is 0 Å². The molecule has 0 unspecified atom stereocenters. The molecule has 4 rings (SSSR count). The molecular formula is C21H20N2OS2. The van der Waals surface area contributed by atoms with Gasteiger partial charge < -0.3 is 9.80 Å². The average Bonchev–Trinajstić information content (AvgIpc) is 3.17. The van der Waals surface area contributed by atoms with E-state index >= 15 is 0 Å². The van der Waals surface area contributed by atoms with Crippen molar-refractivity contribution < 1.29 is 4.79 Å². The van der Waals surface area contributed by atoms with Crippen LogP contribution in [0.2, 0.25) is 0 Å². The predicted molar refractivity (Wildman–Crippen MR) is 109 cm³/mol. The number of amides is 1. The Morgan fingerprint density at radius 3 is 2.23 bits per heavy atom. The minimum Gasteiger partial charge on any atom is -0.341 e. The number of hydrogen-bond acceptors (Lipinski definition) is 4. The fourth-order valence-corrected chi connectivity index (χ4v) is 5.00. The Bertz CT molecular complexity index is 862. The third-order valence-corrected chi connectivity index (χ3v) is 6.47. The van der Waals surface area contributed by atoms with Crippen LogP contribution in [-0.4, -0.2) is 24.4 Å². The molecule has 5 heteroatoms. The number of fused-ring (bicyclic) bond motifs is 2. The molecule has 0 aliphatic carbocycles. The van der Waals surface area contributed by atoms with Gasteiger partial charge in [-0.25, -0.2) is 0 Å². The van der Waals surface area contributed by atoms with Crippen molar-refractivity contribution >= 4 is 40.4 Å². The molecule has 3 aromatic rings. The number of hydrogen-bond donors (Lipinski definition) is 0. The SMILES string of the molecule is CN(Cc1cccs1)C(=O)CCN1c2ccccc2Sc2ccccc21.